The summed E-state index contributed by atoms with van der Waals surface area (Å²) in [5, 5.41) is 0. The van der Waals surface area contributed by atoms with Crippen LogP contribution in [0.1, 0.15) is 90.9 Å². The molecule has 1 heterocycles. The SMILES string of the molecule is [C-]#[N+]c1ccc2ncn(CCN(CCCCCCCC)CCCCCCCC)c2c1. The molecule has 0 saturated carbocycles. The van der Waals surface area contributed by atoms with E-state index in [9.17, 15) is 0 Å². The van der Waals surface area contributed by atoms with Gasteiger partial charge in [0.1, 0.15) is 0 Å². The van der Waals surface area contributed by atoms with Crippen molar-refractivity contribution in [2.75, 3.05) is 19.6 Å². The van der Waals surface area contributed by atoms with Crippen LogP contribution in [-0.4, -0.2) is 34.1 Å². The van der Waals surface area contributed by atoms with Crippen molar-refractivity contribution >= 4 is 16.7 Å². The summed E-state index contributed by atoms with van der Waals surface area (Å²) >= 11 is 0. The molecule has 1 aromatic heterocycles. The lowest BCUT2D eigenvalue weighted by Crippen LogP contribution is -2.29. The van der Waals surface area contributed by atoms with Crippen LogP contribution in [0.4, 0.5) is 5.69 Å². The Hall–Kier alpha value is -1.86. The second-order valence-electron chi connectivity index (χ2n) is 8.60. The smallest absolute Gasteiger partial charge is 0.189 e. The molecule has 4 heteroatoms. The van der Waals surface area contributed by atoms with Gasteiger partial charge >= 0.3 is 0 Å². The third-order valence-electron chi connectivity index (χ3n) is 6.05. The quantitative estimate of drug-likeness (QED) is 0.198. The summed E-state index contributed by atoms with van der Waals surface area (Å²) < 4.78 is 2.22. The number of benzene rings is 1. The Balaban J connectivity index is 1.83. The maximum Gasteiger partial charge on any atom is 0.189 e. The van der Waals surface area contributed by atoms with E-state index in [4.69, 9.17) is 6.57 Å². The topological polar surface area (TPSA) is 25.4 Å². The fourth-order valence-corrected chi connectivity index (χ4v) is 4.11. The maximum atomic E-state index is 7.27. The van der Waals surface area contributed by atoms with E-state index in [2.05, 4.69) is 33.1 Å². The molecule has 0 fully saturated rings. The lowest BCUT2D eigenvalue weighted by Gasteiger charge is -2.23. The summed E-state index contributed by atoms with van der Waals surface area (Å²) in [5.74, 6) is 0. The Bertz CT molecular complexity index is 727. The van der Waals surface area contributed by atoms with Crippen molar-refractivity contribution in [3.05, 3.63) is 35.9 Å². The Labute approximate surface area is 184 Å². The number of nitrogens with zero attached hydrogens (tertiary/aromatic N) is 4. The van der Waals surface area contributed by atoms with Crippen molar-refractivity contribution in [2.24, 2.45) is 0 Å². The zero-order chi connectivity index (χ0) is 21.4. The summed E-state index contributed by atoms with van der Waals surface area (Å²) in [6.45, 7) is 16.3. The number of hydrogen-bond acceptors (Lipinski definition) is 2. The first-order valence-corrected chi connectivity index (χ1v) is 12.3. The second-order valence-corrected chi connectivity index (χ2v) is 8.60. The standard InChI is InChI=1S/C26H42N4/c1-4-6-8-10-12-14-18-29(19-15-13-11-9-7-5-2)20-21-30-23-28-25-17-16-24(27-3)22-26(25)30/h16-17,22-23H,4-15,18-21H2,1-2H3. The molecule has 0 radical (unpaired) electrons. The van der Waals surface area contributed by atoms with E-state index in [1.54, 1.807) is 0 Å². The van der Waals surface area contributed by atoms with Crippen molar-refractivity contribution < 1.29 is 0 Å². The van der Waals surface area contributed by atoms with E-state index in [-0.39, 0.29) is 0 Å². The van der Waals surface area contributed by atoms with E-state index in [1.165, 1.54) is 90.1 Å². The van der Waals surface area contributed by atoms with Gasteiger partial charge in [-0.05, 0) is 38.1 Å². The molecule has 4 nitrogen and oxygen atoms in total. The van der Waals surface area contributed by atoms with E-state index in [1.807, 2.05) is 24.5 Å². The summed E-state index contributed by atoms with van der Waals surface area (Å²) in [7, 11) is 0. The van der Waals surface area contributed by atoms with Gasteiger partial charge in [0, 0.05) is 13.1 Å². The van der Waals surface area contributed by atoms with Crippen LogP contribution in [0.15, 0.2) is 24.5 Å². The molecule has 0 amide bonds. The van der Waals surface area contributed by atoms with Crippen LogP contribution in [-0.2, 0) is 6.54 Å². The van der Waals surface area contributed by atoms with E-state index in [0.29, 0.717) is 5.69 Å². The molecule has 0 spiro atoms. The molecule has 0 unspecified atom stereocenters. The molecule has 2 aromatic rings. The molecule has 30 heavy (non-hydrogen) atoms. The van der Waals surface area contributed by atoms with Crippen molar-refractivity contribution in [3.63, 3.8) is 0 Å². The van der Waals surface area contributed by atoms with Crippen LogP contribution in [0.2, 0.25) is 0 Å². The third-order valence-corrected chi connectivity index (χ3v) is 6.05. The fraction of sp³-hybridized carbons (Fsp3) is 0.692. The predicted molar refractivity (Wildman–Crippen MR) is 129 cm³/mol. The minimum Gasteiger partial charge on any atom is -0.330 e. The van der Waals surface area contributed by atoms with Crippen LogP contribution >= 0.6 is 0 Å². The Morgan fingerprint density at radius 2 is 1.43 bits per heavy atom. The van der Waals surface area contributed by atoms with Crippen LogP contribution in [0.3, 0.4) is 0 Å². The van der Waals surface area contributed by atoms with Crippen LogP contribution in [0.5, 0.6) is 0 Å². The Kier molecular flexibility index (Phi) is 12.2. The molecule has 0 N–H and O–H groups in total. The first-order chi connectivity index (χ1) is 14.8. The van der Waals surface area contributed by atoms with Crippen molar-refractivity contribution in [1.82, 2.24) is 14.5 Å². The normalized spacial score (nSPS) is 11.4. The van der Waals surface area contributed by atoms with Crippen LogP contribution < -0.4 is 0 Å². The molecule has 1 aromatic carbocycles. The van der Waals surface area contributed by atoms with Crippen molar-refractivity contribution in [1.29, 1.82) is 0 Å². The first-order valence-electron chi connectivity index (χ1n) is 12.3. The molecular formula is C26H42N4. The first kappa shape index (κ1) is 24.4. The molecular weight excluding hydrogens is 368 g/mol. The van der Waals surface area contributed by atoms with Gasteiger partial charge in [-0.15, -0.1) is 0 Å². The molecule has 2 rings (SSSR count). The molecule has 0 saturated heterocycles. The highest BCUT2D eigenvalue weighted by Crippen LogP contribution is 2.20. The largest absolute Gasteiger partial charge is 0.330 e. The summed E-state index contributed by atoms with van der Waals surface area (Å²) in [4.78, 5) is 10.8. The molecule has 0 aliphatic rings. The molecule has 0 aliphatic heterocycles. The minimum absolute atomic E-state index is 0.695. The van der Waals surface area contributed by atoms with Crippen LogP contribution in [0, 0.1) is 6.57 Å². The average molecular weight is 411 g/mol. The molecule has 0 aliphatic carbocycles. The van der Waals surface area contributed by atoms with Gasteiger partial charge in [-0.3, -0.25) is 0 Å². The lowest BCUT2D eigenvalue weighted by molar-refractivity contribution is 0.251. The van der Waals surface area contributed by atoms with Crippen molar-refractivity contribution in [2.45, 2.75) is 97.4 Å². The minimum atomic E-state index is 0.695. The van der Waals surface area contributed by atoms with Gasteiger partial charge in [0.15, 0.2) is 5.69 Å². The molecule has 0 bridgehead atoms. The average Bonchev–Trinajstić information content (AvgIpc) is 3.18. The van der Waals surface area contributed by atoms with Gasteiger partial charge in [-0.25, -0.2) is 9.83 Å². The van der Waals surface area contributed by atoms with E-state index in [0.717, 1.165) is 24.1 Å². The monoisotopic (exact) mass is 410 g/mol. The fourth-order valence-electron chi connectivity index (χ4n) is 4.11. The zero-order valence-corrected chi connectivity index (χ0v) is 19.4. The molecule has 166 valence electrons. The Morgan fingerprint density at radius 1 is 0.833 bits per heavy atom. The predicted octanol–water partition coefficient (Wildman–Crippen LogP) is 7.61. The Morgan fingerprint density at radius 3 is 2.03 bits per heavy atom. The van der Waals surface area contributed by atoms with Gasteiger partial charge in [0.05, 0.1) is 23.9 Å². The van der Waals surface area contributed by atoms with Gasteiger partial charge in [0.2, 0.25) is 0 Å². The van der Waals surface area contributed by atoms with E-state index >= 15 is 0 Å². The molecule has 0 atom stereocenters. The number of rotatable bonds is 17. The maximum absolute atomic E-state index is 7.27. The lowest BCUT2D eigenvalue weighted by atomic mass is 10.1. The van der Waals surface area contributed by atoms with Crippen molar-refractivity contribution in [3.8, 4) is 0 Å². The van der Waals surface area contributed by atoms with Gasteiger partial charge in [0.25, 0.3) is 0 Å². The summed E-state index contributed by atoms with van der Waals surface area (Å²) in [6, 6.07) is 5.79. The highest BCUT2D eigenvalue weighted by Gasteiger charge is 2.08. The number of hydrogen-bond donors (Lipinski definition) is 0. The second kappa shape index (κ2) is 15.0. The number of fused-ring (bicyclic) bond motifs is 1. The van der Waals surface area contributed by atoms with E-state index < -0.39 is 0 Å². The zero-order valence-electron chi connectivity index (χ0n) is 19.4. The highest BCUT2D eigenvalue weighted by atomic mass is 15.2. The summed E-state index contributed by atoms with van der Waals surface area (Å²) in [6.07, 6.45) is 18.2. The third kappa shape index (κ3) is 8.88. The number of aromatic nitrogens is 2. The highest BCUT2D eigenvalue weighted by molar-refractivity contribution is 5.79. The summed E-state index contributed by atoms with van der Waals surface area (Å²) in [5.41, 5.74) is 2.77. The van der Waals surface area contributed by atoms with Crippen LogP contribution in [0.25, 0.3) is 15.9 Å². The number of imidazole rings is 1. The van der Waals surface area contributed by atoms with Gasteiger partial charge in [-0.2, -0.15) is 0 Å². The number of unbranched alkanes of at least 4 members (excludes halogenated alkanes) is 10. The van der Waals surface area contributed by atoms with Gasteiger partial charge < -0.3 is 9.47 Å². The van der Waals surface area contributed by atoms with Gasteiger partial charge in [-0.1, -0.05) is 84.1 Å².